The van der Waals surface area contributed by atoms with Crippen molar-refractivity contribution in [2.24, 2.45) is 10.9 Å². The quantitative estimate of drug-likeness (QED) is 0.214. The van der Waals surface area contributed by atoms with Gasteiger partial charge in [0.15, 0.2) is 5.96 Å². The first-order valence-corrected chi connectivity index (χ1v) is 10.2. The van der Waals surface area contributed by atoms with Crippen molar-refractivity contribution in [3.63, 3.8) is 0 Å². The molecule has 1 aromatic carbocycles. The van der Waals surface area contributed by atoms with Gasteiger partial charge in [-0.25, -0.2) is 0 Å². The highest BCUT2D eigenvalue weighted by Gasteiger charge is 2.31. The van der Waals surface area contributed by atoms with Crippen LogP contribution in [0.15, 0.2) is 29.3 Å². The molecule has 0 bridgehead atoms. The summed E-state index contributed by atoms with van der Waals surface area (Å²) < 4.78 is 5.11. The van der Waals surface area contributed by atoms with Crippen molar-refractivity contribution < 1.29 is 9.53 Å². The third kappa shape index (κ3) is 8.00. The molecular weight excluding hydrogens is 481 g/mol. The molecule has 1 fully saturated rings. The number of hydrogen-bond donors (Lipinski definition) is 3. The summed E-state index contributed by atoms with van der Waals surface area (Å²) in [5.74, 6) is 2.01. The van der Waals surface area contributed by atoms with Crippen molar-refractivity contribution in [2.75, 3.05) is 39.8 Å². The summed E-state index contributed by atoms with van der Waals surface area (Å²) in [5, 5.41) is 9.76. The topological polar surface area (TPSA) is 78.0 Å². The Morgan fingerprint density at radius 3 is 2.48 bits per heavy atom. The van der Waals surface area contributed by atoms with Crippen molar-refractivity contribution in [3.8, 4) is 5.75 Å². The zero-order valence-electron chi connectivity index (χ0n) is 18.2. The lowest BCUT2D eigenvalue weighted by molar-refractivity contribution is 0.0955. The van der Waals surface area contributed by atoms with Gasteiger partial charge < -0.3 is 20.7 Å². The van der Waals surface area contributed by atoms with Crippen molar-refractivity contribution >= 4 is 35.8 Å². The molecule has 0 radical (unpaired) electrons. The summed E-state index contributed by atoms with van der Waals surface area (Å²) in [7, 11) is 1.61. The maximum Gasteiger partial charge on any atom is 0.251 e. The molecule has 0 spiro atoms. The Kier molecular flexibility index (Phi) is 11.3. The minimum absolute atomic E-state index is 0. The van der Waals surface area contributed by atoms with Crippen molar-refractivity contribution in [3.05, 3.63) is 29.8 Å². The molecule has 0 aliphatic carbocycles. The third-order valence-corrected chi connectivity index (χ3v) is 5.06. The normalized spacial score (nSPS) is 19.6. The molecule has 29 heavy (non-hydrogen) atoms. The van der Waals surface area contributed by atoms with Gasteiger partial charge in [-0.2, -0.15) is 0 Å². The van der Waals surface area contributed by atoms with Crippen LogP contribution >= 0.6 is 24.0 Å². The minimum atomic E-state index is -0.104. The van der Waals surface area contributed by atoms with E-state index in [-0.39, 0.29) is 29.9 Å². The van der Waals surface area contributed by atoms with Crippen LogP contribution in [0, 0.1) is 5.92 Å². The van der Waals surface area contributed by atoms with Gasteiger partial charge in [-0.05, 0) is 51.0 Å². The van der Waals surface area contributed by atoms with E-state index in [1.54, 1.807) is 31.4 Å². The Bertz CT molecular complexity index is 651. The molecule has 1 heterocycles. The summed E-state index contributed by atoms with van der Waals surface area (Å²) in [5.41, 5.74) is 0.614. The fourth-order valence-corrected chi connectivity index (χ4v) is 3.29. The lowest BCUT2D eigenvalue weighted by atomic mass is 10.1. The molecule has 2 rings (SSSR count). The SMILES string of the molecule is CCNC(=NCCNC(=O)c1ccc(OC)cc1)NC1CN(C(C)C)CC1C.I. The largest absolute Gasteiger partial charge is 0.497 e. The van der Waals surface area contributed by atoms with E-state index in [4.69, 9.17) is 4.74 Å². The molecular formula is C21H36IN5O2. The molecule has 2 unspecified atom stereocenters. The smallest absolute Gasteiger partial charge is 0.251 e. The van der Waals surface area contributed by atoms with Gasteiger partial charge >= 0.3 is 0 Å². The molecule has 1 saturated heterocycles. The van der Waals surface area contributed by atoms with Crippen LogP contribution in [-0.4, -0.2) is 68.7 Å². The first-order chi connectivity index (χ1) is 13.4. The van der Waals surface area contributed by atoms with E-state index in [0.717, 1.165) is 31.3 Å². The Labute approximate surface area is 192 Å². The van der Waals surface area contributed by atoms with Crippen LogP contribution in [0.1, 0.15) is 38.1 Å². The summed E-state index contributed by atoms with van der Waals surface area (Å²) >= 11 is 0. The number of halogens is 1. The van der Waals surface area contributed by atoms with Gasteiger partial charge in [0.05, 0.1) is 13.7 Å². The number of ether oxygens (including phenoxy) is 1. The van der Waals surface area contributed by atoms with Gasteiger partial charge in [0, 0.05) is 43.8 Å². The molecule has 0 saturated carbocycles. The van der Waals surface area contributed by atoms with Crippen LogP contribution in [0.25, 0.3) is 0 Å². The standard InChI is InChI=1S/C21H35N5O2.HI/c1-6-22-21(25-19-14-26(15(2)3)13-16(19)4)24-12-11-23-20(27)17-7-9-18(28-5)10-8-17;/h7-10,15-16,19H,6,11-14H2,1-5H3,(H,23,27)(H2,22,24,25);1H. The van der Waals surface area contributed by atoms with Crippen LogP contribution in [0.3, 0.4) is 0 Å². The maximum absolute atomic E-state index is 12.2. The number of nitrogens with one attached hydrogen (secondary N) is 3. The van der Waals surface area contributed by atoms with Crippen LogP contribution < -0.4 is 20.7 Å². The fraction of sp³-hybridized carbons (Fsp3) is 0.619. The monoisotopic (exact) mass is 517 g/mol. The maximum atomic E-state index is 12.2. The first-order valence-electron chi connectivity index (χ1n) is 10.2. The Morgan fingerprint density at radius 1 is 1.24 bits per heavy atom. The molecule has 1 amide bonds. The van der Waals surface area contributed by atoms with E-state index < -0.39 is 0 Å². The van der Waals surface area contributed by atoms with E-state index in [0.29, 0.717) is 36.7 Å². The Balaban J connectivity index is 0.00000420. The number of guanidine groups is 1. The highest BCUT2D eigenvalue weighted by atomic mass is 127. The first kappa shape index (κ1) is 25.5. The number of amides is 1. The molecule has 0 aromatic heterocycles. The number of hydrogen-bond acceptors (Lipinski definition) is 4. The predicted molar refractivity (Wildman–Crippen MR) is 130 cm³/mol. The van der Waals surface area contributed by atoms with Gasteiger partial charge in [0.25, 0.3) is 5.91 Å². The highest BCUT2D eigenvalue weighted by Crippen LogP contribution is 2.18. The Hall–Kier alpha value is -1.55. The minimum Gasteiger partial charge on any atom is -0.497 e. The van der Waals surface area contributed by atoms with Crippen LogP contribution in [0.5, 0.6) is 5.75 Å². The van der Waals surface area contributed by atoms with E-state index in [2.05, 4.69) is 53.5 Å². The predicted octanol–water partition coefficient (Wildman–Crippen LogP) is 2.33. The second-order valence-electron chi connectivity index (χ2n) is 7.52. The molecule has 1 aromatic rings. The summed E-state index contributed by atoms with van der Waals surface area (Å²) in [4.78, 5) is 19.3. The van der Waals surface area contributed by atoms with Crippen LogP contribution in [0.2, 0.25) is 0 Å². The third-order valence-electron chi connectivity index (χ3n) is 5.06. The van der Waals surface area contributed by atoms with E-state index in [9.17, 15) is 4.79 Å². The Morgan fingerprint density at radius 2 is 1.93 bits per heavy atom. The summed E-state index contributed by atoms with van der Waals surface area (Å²) in [6.07, 6.45) is 0. The van der Waals surface area contributed by atoms with Crippen LogP contribution in [0.4, 0.5) is 0 Å². The number of benzene rings is 1. The zero-order chi connectivity index (χ0) is 20.5. The number of carbonyl (C=O) groups excluding carboxylic acids is 1. The number of aliphatic imine (C=N–C) groups is 1. The molecule has 7 nitrogen and oxygen atoms in total. The average Bonchev–Trinajstić information content (AvgIpc) is 3.06. The number of carbonyl (C=O) groups is 1. The lowest BCUT2D eigenvalue weighted by Gasteiger charge is -2.22. The van der Waals surface area contributed by atoms with Gasteiger partial charge in [0.2, 0.25) is 0 Å². The van der Waals surface area contributed by atoms with Gasteiger partial charge in [-0.15, -0.1) is 24.0 Å². The lowest BCUT2D eigenvalue weighted by Crippen LogP contribution is -2.47. The molecule has 164 valence electrons. The number of methoxy groups -OCH3 is 1. The molecule has 8 heteroatoms. The second-order valence-corrected chi connectivity index (χ2v) is 7.52. The molecule has 3 N–H and O–H groups in total. The summed E-state index contributed by atoms with van der Waals surface area (Å²) in [6, 6.07) is 8.01. The van der Waals surface area contributed by atoms with Crippen molar-refractivity contribution in [1.29, 1.82) is 0 Å². The van der Waals surface area contributed by atoms with E-state index in [1.165, 1.54) is 0 Å². The van der Waals surface area contributed by atoms with Crippen molar-refractivity contribution in [2.45, 2.75) is 39.8 Å². The summed E-state index contributed by atoms with van der Waals surface area (Å²) in [6.45, 7) is 12.7. The fourth-order valence-electron chi connectivity index (χ4n) is 3.29. The number of rotatable bonds is 8. The van der Waals surface area contributed by atoms with Gasteiger partial charge in [0.1, 0.15) is 5.75 Å². The average molecular weight is 517 g/mol. The van der Waals surface area contributed by atoms with E-state index >= 15 is 0 Å². The van der Waals surface area contributed by atoms with Crippen molar-refractivity contribution in [1.82, 2.24) is 20.9 Å². The molecule has 1 aliphatic rings. The van der Waals surface area contributed by atoms with Crippen LogP contribution in [-0.2, 0) is 0 Å². The highest BCUT2D eigenvalue weighted by molar-refractivity contribution is 14.0. The molecule has 2 atom stereocenters. The van der Waals surface area contributed by atoms with Gasteiger partial charge in [-0.1, -0.05) is 6.92 Å². The van der Waals surface area contributed by atoms with E-state index in [1.807, 2.05) is 0 Å². The second kappa shape index (κ2) is 12.9. The van der Waals surface area contributed by atoms with Gasteiger partial charge in [-0.3, -0.25) is 14.7 Å². The zero-order valence-corrected chi connectivity index (χ0v) is 20.5. The number of likely N-dealkylation sites (tertiary alicyclic amines) is 1. The molecule has 1 aliphatic heterocycles. The number of nitrogens with zero attached hydrogens (tertiary/aromatic N) is 2.